The van der Waals surface area contributed by atoms with Crippen molar-refractivity contribution in [2.24, 2.45) is 0 Å². The van der Waals surface area contributed by atoms with Crippen molar-refractivity contribution in [3.63, 3.8) is 0 Å². The van der Waals surface area contributed by atoms with Gasteiger partial charge in [0.15, 0.2) is 5.78 Å². The van der Waals surface area contributed by atoms with Crippen LogP contribution in [-0.4, -0.2) is 19.5 Å². The molecule has 0 aliphatic rings. The van der Waals surface area contributed by atoms with Crippen molar-refractivity contribution < 1.29 is 18.3 Å². The molecule has 0 heterocycles. The lowest BCUT2D eigenvalue weighted by Gasteiger charge is -2.02. The zero-order valence-electron chi connectivity index (χ0n) is 7.72. The third-order valence-corrected chi connectivity index (χ3v) is 1.77. The number of methoxy groups -OCH3 is 1. The highest BCUT2D eigenvalue weighted by Gasteiger charge is 2.15. The first-order chi connectivity index (χ1) is 6.66. The summed E-state index contributed by atoms with van der Waals surface area (Å²) in [7, 11) is 1.42. The molecule has 0 unspecified atom stereocenters. The van der Waals surface area contributed by atoms with Gasteiger partial charge in [0.25, 0.3) is 0 Å². The Labute approximate surface area is 80.5 Å². The van der Waals surface area contributed by atoms with E-state index in [1.807, 2.05) is 0 Å². The van der Waals surface area contributed by atoms with Gasteiger partial charge >= 0.3 is 0 Å². The number of ketones is 1. The van der Waals surface area contributed by atoms with E-state index >= 15 is 0 Å². The molecule has 0 aromatic heterocycles. The Bertz CT molecular complexity index is 317. The smallest absolute Gasteiger partial charge is 0.171 e. The van der Waals surface area contributed by atoms with Crippen LogP contribution in [0.5, 0.6) is 0 Å². The predicted molar refractivity (Wildman–Crippen MR) is 47.2 cm³/mol. The van der Waals surface area contributed by atoms with Crippen molar-refractivity contribution in [3.05, 3.63) is 35.4 Å². The van der Waals surface area contributed by atoms with Gasteiger partial charge in [-0.1, -0.05) is 6.07 Å². The summed E-state index contributed by atoms with van der Waals surface area (Å²) in [6.07, 6.45) is -0.0195. The Kier molecular flexibility index (Phi) is 3.71. The van der Waals surface area contributed by atoms with E-state index in [-0.39, 0.29) is 13.0 Å². The lowest BCUT2D eigenvalue weighted by atomic mass is 10.1. The first-order valence-corrected chi connectivity index (χ1v) is 4.13. The number of carbonyl (C=O) groups excluding carboxylic acids is 1. The number of halogens is 2. The summed E-state index contributed by atoms with van der Waals surface area (Å²) < 4.78 is 30.7. The van der Waals surface area contributed by atoms with Gasteiger partial charge in [0.1, 0.15) is 11.6 Å². The Morgan fingerprint density at radius 1 is 1.36 bits per heavy atom. The third kappa shape index (κ3) is 2.35. The van der Waals surface area contributed by atoms with Crippen molar-refractivity contribution >= 4 is 5.78 Å². The average molecular weight is 200 g/mol. The van der Waals surface area contributed by atoms with E-state index in [9.17, 15) is 13.6 Å². The molecule has 0 bridgehead atoms. The first-order valence-electron chi connectivity index (χ1n) is 4.13. The number of ether oxygens (including phenoxy) is 1. The molecule has 76 valence electrons. The minimum Gasteiger partial charge on any atom is -0.384 e. The number of rotatable bonds is 4. The first kappa shape index (κ1) is 10.8. The number of Topliss-reactive ketones (excluding diaryl/α,β-unsaturated/α-hetero) is 1. The van der Waals surface area contributed by atoms with Crippen molar-refractivity contribution in [1.82, 2.24) is 0 Å². The molecule has 0 atom stereocenters. The summed E-state index contributed by atoms with van der Waals surface area (Å²) in [6.45, 7) is 0.159. The Balaban J connectivity index is 2.89. The molecule has 4 heteroatoms. The number of benzene rings is 1. The van der Waals surface area contributed by atoms with E-state index in [0.717, 1.165) is 12.1 Å². The number of carbonyl (C=O) groups is 1. The standard InChI is InChI=1S/C10H10F2O2/c1-14-6-5-9(13)10-7(11)3-2-4-8(10)12/h2-4H,5-6H2,1H3. The molecule has 0 amide bonds. The van der Waals surface area contributed by atoms with E-state index in [1.54, 1.807) is 0 Å². The van der Waals surface area contributed by atoms with E-state index in [2.05, 4.69) is 4.74 Å². The van der Waals surface area contributed by atoms with Crippen LogP contribution in [0.25, 0.3) is 0 Å². The van der Waals surface area contributed by atoms with Gasteiger partial charge in [0.2, 0.25) is 0 Å². The van der Waals surface area contributed by atoms with Crippen LogP contribution in [0.15, 0.2) is 18.2 Å². The monoisotopic (exact) mass is 200 g/mol. The van der Waals surface area contributed by atoms with Crippen LogP contribution in [0.3, 0.4) is 0 Å². The van der Waals surface area contributed by atoms with Crippen LogP contribution in [0.1, 0.15) is 16.8 Å². The molecule has 14 heavy (non-hydrogen) atoms. The molecule has 0 saturated heterocycles. The van der Waals surface area contributed by atoms with Crippen LogP contribution < -0.4 is 0 Å². The van der Waals surface area contributed by atoms with E-state index in [0.29, 0.717) is 0 Å². The fourth-order valence-electron chi connectivity index (χ4n) is 1.08. The summed E-state index contributed by atoms with van der Waals surface area (Å²) in [5, 5.41) is 0. The summed E-state index contributed by atoms with van der Waals surface area (Å²) >= 11 is 0. The molecular formula is C10H10F2O2. The normalized spacial score (nSPS) is 10.2. The molecule has 2 nitrogen and oxygen atoms in total. The second-order valence-electron chi connectivity index (χ2n) is 2.76. The quantitative estimate of drug-likeness (QED) is 0.696. The molecule has 1 aromatic rings. The SMILES string of the molecule is COCCC(=O)c1c(F)cccc1F. The van der Waals surface area contributed by atoms with Crippen molar-refractivity contribution in [1.29, 1.82) is 0 Å². The van der Waals surface area contributed by atoms with Gasteiger partial charge in [-0.25, -0.2) is 8.78 Å². The fraction of sp³-hybridized carbons (Fsp3) is 0.300. The average Bonchev–Trinajstić information content (AvgIpc) is 2.14. The number of hydrogen-bond donors (Lipinski definition) is 0. The summed E-state index contributed by atoms with van der Waals surface area (Å²) in [4.78, 5) is 11.3. The van der Waals surface area contributed by atoms with Crippen molar-refractivity contribution in [2.75, 3.05) is 13.7 Å². The second-order valence-corrected chi connectivity index (χ2v) is 2.76. The van der Waals surface area contributed by atoms with Gasteiger partial charge in [-0.15, -0.1) is 0 Å². The van der Waals surface area contributed by atoms with E-state index in [4.69, 9.17) is 0 Å². The van der Waals surface area contributed by atoms with Crippen LogP contribution in [0, 0.1) is 11.6 Å². The maximum atomic E-state index is 13.0. The van der Waals surface area contributed by atoms with Crippen molar-refractivity contribution in [2.45, 2.75) is 6.42 Å². The highest BCUT2D eigenvalue weighted by Crippen LogP contribution is 2.13. The van der Waals surface area contributed by atoms with Crippen molar-refractivity contribution in [3.8, 4) is 0 Å². The maximum Gasteiger partial charge on any atom is 0.171 e. The molecule has 0 N–H and O–H groups in total. The number of hydrogen-bond acceptors (Lipinski definition) is 2. The minimum absolute atomic E-state index is 0.0195. The minimum atomic E-state index is -0.828. The summed E-state index contributed by atoms with van der Waals surface area (Å²) in [5.74, 6) is -2.24. The lowest BCUT2D eigenvalue weighted by Crippen LogP contribution is -2.08. The molecule has 0 saturated carbocycles. The lowest BCUT2D eigenvalue weighted by molar-refractivity contribution is 0.0924. The van der Waals surface area contributed by atoms with E-state index in [1.165, 1.54) is 13.2 Å². The largest absolute Gasteiger partial charge is 0.384 e. The molecule has 0 aliphatic carbocycles. The Morgan fingerprint density at radius 2 is 1.93 bits per heavy atom. The van der Waals surface area contributed by atoms with Crippen LogP contribution >= 0.6 is 0 Å². The topological polar surface area (TPSA) is 26.3 Å². The van der Waals surface area contributed by atoms with Gasteiger partial charge in [0, 0.05) is 13.5 Å². The zero-order valence-corrected chi connectivity index (χ0v) is 7.72. The molecule has 0 radical (unpaired) electrons. The molecular weight excluding hydrogens is 190 g/mol. The highest BCUT2D eigenvalue weighted by molar-refractivity contribution is 5.96. The Morgan fingerprint density at radius 3 is 2.43 bits per heavy atom. The molecule has 0 fully saturated rings. The summed E-state index contributed by atoms with van der Waals surface area (Å²) in [5.41, 5.74) is -0.482. The van der Waals surface area contributed by atoms with Crippen LogP contribution in [-0.2, 0) is 4.74 Å². The maximum absolute atomic E-state index is 13.0. The predicted octanol–water partition coefficient (Wildman–Crippen LogP) is 2.18. The summed E-state index contributed by atoms with van der Waals surface area (Å²) in [6, 6.07) is 3.34. The van der Waals surface area contributed by atoms with Gasteiger partial charge < -0.3 is 4.74 Å². The molecule has 0 spiro atoms. The fourth-order valence-corrected chi connectivity index (χ4v) is 1.08. The van der Waals surface area contributed by atoms with Gasteiger partial charge in [0.05, 0.1) is 12.2 Å². The highest BCUT2D eigenvalue weighted by atomic mass is 19.1. The third-order valence-electron chi connectivity index (χ3n) is 1.77. The van der Waals surface area contributed by atoms with Crippen LogP contribution in [0.2, 0.25) is 0 Å². The van der Waals surface area contributed by atoms with Gasteiger partial charge in [-0.2, -0.15) is 0 Å². The molecule has 1 rings (SSSR count). The van der Waals surface area contributed by atoms with Gasteiger partial charge in [-0.3, -0.25) is 4.79 Å². The second kappa shape index (κ2) is 4.81. The Hall–Kier alpha value is -1.29. The molecule has 0 aliphatic heterocycles. The van der Waals surface area contributed by atoms with E-state index < -0.39 is 23.0 Å². The molecule has 1 aromatic carbocycles. The zero-order chi connectivity index (χ0) is 10.6. The van der Waals surface area contributed by atoms with Gasteiger partial charge in [-0.05, 0) is 12.1 Å². The van der Waals surface area contributed by atoms with Crippen LogP contribution in [0.4, 0.5) is 8.78 Å².